The van der Waals surface area contributed by atoms with Crippen molar-refractivity contribution in [2.45, 2.75) is 58.3 Å². The number of hydrogen-bond acceptors (Lipinski definition) is 3. The molecule has 1 N–H and O–H groups in total. The third-order valence-corrected chi connectivity index (χ3v) is 5.26. The van der Waals surface area contributed by atoms with Crippen molar-refractivity contribution in [2.75, 3.05) is 13.7 Å². The van der Waals surface area contributed by atoms with Gasteiger partial charge in [0.25, 0.3) is 0 Å². The second-order valence-electron chi connectivity index (χ2n) is 7.28. The number of carbonyl (C=O) groups is 1. The van der Waals surface area contributed by atoms with E-state index in [2.05, 4.69) is 6.92 Å². The van der Waals surface area contributed by atoms with Gasteiger partial charge in [0, 0.05) is 6.08 Å². The first-order chi connectivity index (χ1) is 12.6. The molecule has 0 atom stereocenters. The maximum atomic E-state index is 10.6. The van der Waals surface area contributed by atoms with E-state index >= 15 is 0 Å². The van der Waals surface area contributed by atoms with Crippen LogP contribution in [-0.4, -0.2) is 24.8 Å². The van der Waals surface area contributed by atoms with Crippen molar-refractivity contribution < 1.29 is 19.4 Å². The monoisotopic (exact) mass is 360 g/mol. The number of benzene rings is 1. The van der Waals surface area contributed by atoms with Gasteiger partial charge >= 0.3 is 5.97 Å². The Hall–Kier alpha value is -1.97. The van der Waals surface area contributed by atoms with Gasteiger partial charge in [-0.2, -0.15) is 0 Å². The lowest BCUT2D eigenvalue weighted by atomic mass is 9.80. The minimum Gasteiger partial charge on any atom is -0.493 e. The second kappa shape index (κ2) is 10.9. The van der Waals surface area contributed by atoms with E-state index in [9.17, 15) is 4.79 Å². The van der Waals surface area contributed by atoms with E-state index in [-0.39, 0.29) is 0 Å². The van der Waals surface area contributed by atoms with Gasteiger partial charge in [-0.05, 0) is 48.4 Å². The molecule has 4 heteroatoms. The van der Waals surface area contributed by atoms with E-state index < -0.39 is 5.97 Å². The zero-order valence-corrected chi connectivity index (χ0v) is 16.1. The normalized spacial score (nSPS) is 20.2. The molecule has 1 saturated carbocycles. The minimum atomic E-state index is -0.963. The standard InChI is InChI=1S/C22H32O4/c1-3-4-5-6-17-7-9-19(10-8-17)16-26-20-13-11-18(12-14-22(23)24)15-21(20)25-2/h11-15,17,19H,3-10,16H2,1-2H3,(H,23,24). The van der Waals surface area contributed by atoms with E-state index in [1.165, 1.54) is 51.4 Å². The van der Waals surface area contributed by atoms with Crippen LogP contribution in [0.2, 0.25) is 0 Å². The lowest BCUT2D eigenvalue weighted by Crippen LogP contribution is -2.20. The van der Waals surface area contributed by atoms with E-state index in [1.54, 1.807) is 19.3 Å². The Morgan fingerprint density at radius 2 is 1.88 bits per heavy atom. The second-order valence-corrected chi connectivity index (χ2v) is 7.28. The van der Waals surface area contributed by atoms with Gasteiger partial charge in [-0.15, -0.1) is 0 Å². The van der Waals surface area contributed by atoms with Gasteiger partial charge in [-0.1, -0.05) is 51.5 Å². The Kier molecular flexibility index (Phi) is 8.52. The summed E-state index contributed by atoms with van der Waals surface area (Å²) in [5.41, 5.74) is 0.782. The first-order valence-corrected chi connectivity index (χ1v) is 9.84. The van der Waals surface area contributed by atoms with Crippen LogP contribution >= 0.6 is 0 Å². The van der Waals surface area contributed by atoms with Crippen LogP contribution in [-0.2, 0) is 4.79 Å². The fourth-order valence-corrected chi connectivity index (χ4v) is 3.65. The van der Waals surface area contributed by atoms with Gasteiger partial charge < -0.3 is 14.6 Å². The summed E-state index contributed by atoms with van der Waals surface area (Å²) in [6, 6.07) is 5.51. The predicted molar refractivity (Wildman–Crippen MR) is 105 cm³/mol. The van der Waals surface area contributed by atoms with E-state index in [4.69, 9.17) is 14.6 Å². The van der Waals surface area contributed by atoms with Crippen molar-refractivity contribution in [1.29, 1.82) is 0 Å². The molecule has 0 bridgehead atoms. The molecule has 144 valence electrons. The first-order valence-electron chi connectivity index (χ1n) is 9.84. The molecule has 2 rings (SSSR count). The van der Waals surface area contributed by atoms with Gasteiger partial charge in [0.2, 0.25) is 0 Å². The number of carboxylic acid groups (broad SMARTS) is 1. The Bertz CT molecular complexity index is 586. The van der Waals surface area contributed by atoms with E-state index in [1.807, 2.05) is 12.1 Å². The fourth-order valence-electron chi connectivity index (χ4n) is 3.65. The highest BCUT2D eigenvalue weighted by molar-refractivity contribution is 5.85. The largest absolute Gasteiger partial charge is 0.493 e. The predicted octanol–water partition coefficient (Wildman–Crippen LogP) is 5.56. The van der Waals surface area contributed by atoms with Crippen molar-refractivity contribution in [1.82, 2.24) is 0 Å². The average molecular weight is 360 g/mol. The highest BCUT2D eigenvalue weighted by Gasteiger charge is 2.21. The fraction of sp³-hybridized carbons (Fsp3) is 0.591. The quantitative estimate of drug-likeness (QED) is 0.438. The summed E-state index contributed by atoms with van der Waals surface area (Å²) in [6.45, 7) is 2.99. The number of rotatable bonds is 10. The number of aliphatic carboxylic acids is 1. The molecule has 0 amide bonds. The van der Waals surface area contributed by atoms with Crippen LogP contribution < -0.4 is 9.47 Å². The van der Waals surface area contributed by atoms with Crippen molar-refractivity contribution in [3.8, 4) is 11.5 Å². The lowest BCUT2D eigenvalue weighted by molar-refractivity contribution is -0.131. The highest BCUT2D eigenvalue weighted by atomic mass is 16.5. The van der Waals surface area contributed by atoms with Crippen LogP contribution in [0.3, 0.4) is 0 Å². The summed E-state index contributed by atoms with van der Waals surface area (Å²) in [5.74, 6) is 1.94. The van der Waals surface area contributed by atoms with Crippen molar-refractivity contribution >= 4 is 12.0 Å². The molecule has 1 aliphatic rings. The van der Waals surface area contributed by atoms with Crippen LogP contribution in [0, 0.1) is 11.8 Å². The van der Waals surface area contributed by atoms with E-state index in [0.717, 1.165) is 29.9 Å². The third-order valence-electron chi connectivity index (χ3n) is 5.26. The van der Waals surface area contributed by atoms with Crippen LogP contribution in [0.25, 0.3) is 6.08 Å². The maximum absolute atomic E-state index is 10.6. The van der Waals surface area contributed by atoms with Crippen LogP contribution in [0.5, 0.6) is 11.5 Å². The Balaban J connectivity index is 1.81. The Labute approximate surface area is 157 Å². The molecular weight excluding hydrogens is 328 g/mol. The number of hydrogen-bond donors (Lipinski definition) is 1. The molecular formula is C22H32O4. The molecule has 0 aliphatic heterocycles. The first kappa shape index (κ1) is 20.3. The van der Waals surface area contributed by atoms with Crippen LogP contribution in [0.1, 0.15) is 63.9 Å². The summed E-state index contributed by atoms with van der Waals surface area (Å²) in [6.07, 6.45) is 13.3. The molecule has 1 aromatic rings. The maximum Gasteiger partial charge on any atom is 0.328 e. The Morgan fingerprint density at radius 3 is 2.54 bits per heavy atom. The molecule has 0 spiro atoms. The molecule has 0 radical (unpaired) electrons. The van der Waals surface area contributed by atoms with Crippen molar-refractivity contribution in [2.24, 2.45) is 11.8 Å². The smallest absolute Gasteiger partial charge is 0.328 e. The van der Waals surface area contributed by atoms with Crippen LogP contribution in [0.15, 0.2) is 24.3 Å². The van der Waals surface area contributed by atoms with Crippen LogP contribution in [0.4, 0.5) is 0 Å². The molecule has 26 heavy (non-hydrogen) atoms. The average Bonchev–Trinajstić information content (AvgIpc) is 2.66. The summed E-state index contributed by atoms with van der Waals surface area (Å²) >= 11 is 0. The van der Waals surface area contributed by atoms with Gasteiger partial charge in [0.1, 0.15) is 0 Å². The number of unbranched alkanes of at least 4 members (excludes halogenated alkanes) is 2. The zero-order valence-electron chi connectivity index (χ0n) is 16.1. The Morgan fingerprint density at radius 1 is 1.15 bits per heavy atom. The third kappa shape index (κ3) is 6.74. The molecule has 1 fully saturated rings. The molecule has 1 aliphatic carbocycles. The summed E-state index contributed by atoms with van der Waals surface area (Å²) in [7, 11) is 1.61. The SMILES string of the molecule is CCCCCC1CCC(COc2ccc(C=CC(=O)O)cc2OC)CC1. The summed E-state index contributed by atoms with van der Waals surface area (Å²) < 4.78 is 11.4. The van der Waals surface area contributed by atoms with E-state index in [0.29, 0.717) is 11.7 Å². The molecule has 0 unspecified atom stereocenters. The van der Waals surface area contributed by atoms with Gasteiger partial charge in [-0.25, -0.2) is 4.79 Å². The summed E-state index contributed by atoms with van der Waals surface area (Å²) in [4.78, 5) is 10.6. The molecule has 4 nitrogen and oxygen atoms in total. The van der Waals surface area contributed by atoms with Crippen molar-refractivity contribution in [3.05, 3.63) is 29.8 Å². The van der Waals surface area contributed by atoms with Crippen molar-refractivity contribution in [3.63, 3.8) is 0 Å². The number of methoxy groups -OCH3 is 1. The molecule has 0 saturated heterocycles. The highest BCUT2D eigenvalue weighted by Crippen LogP contribution is 2.34. The number of carboxylic acids is 1. The van der Waals surface area contributed by atoms with Gasteiger partial charge in [0.05, 0.1) is 13.7 Å². The zero-order chi connectivity index (χ0) is 18.8. The lowest BCUT2D eigenvalue weighted by Gasteiger charge is -2.28. The topological polar surface area (TPSA) is 55.8 Å². The van der Waals surface area contributed by atoms with Gasteiger partial charge in [-0.3, -0.25) is 0 Å². The molecule has 0 aromatic heterocycles. The minimum absolute atomic E-state index is 0.619. The van der Waals surface area contributed by atoms with Gasteiger partial charge in [0.15, 0.2) is 11.5 Å². The molecule has 1 aromatic carbocycles. The summed E-state index contributed by atoms with van der Waals surface area (Å²) in [5, 5.41) is 8.72. The molecule has 0 heterocycles. The number of ether oxygens (including phenoxy) is 2.